The third kappa shape index (κ3) is 3.46. The predicted molar refractivity (Wildman–Crippen MR) is 75.6 cm³/mol. The van der Waals surface area contributed by atoms with E-state index in [1.165, 1.54) is 25.7 Å². The quantitative estimate of drug-likeness (QED) is 0.689. The molecular formula is C15H31NO2. The fraction of sp³-hybridized carbons (Fsp3) is 1.00. The van der Waals surface area contributed by atoms with Crippen molar-refractivity contribution in [3.8, 4) is 0 Å². The highest BCUT2D eigenvalue weighted by Crippen LogP contribution is 2.36. The number of hydrogen-bond acceptors (Lipinski definition) is 3. The SMILES string of the molecule is CCCCC(CC)C1(CO)OCCN1CCCC. The molecule has 3 heteroatoms. The van der Waals surface area contributed by atoms with Crippen molar-refractivity contribution in [2.75, 3.05) is 26.3 Å². The Hall–Kier alpha value is -0.120. The lowest BCUT2D eigenvalue weighted by molar-refractivity contribution is -0.157. The molecule has 0 aliphatic carbocycles. The van der Waals surface area contributed by atoms with E-state index in [2.05, 4.69) is 25.7 Å². The number of rotatable bonds is 9. The molecule has 0 aromatic rings. The molecule has 18 heavy (non-hydrogen) atoms. The van der Waals surface area contributed by atoms with Crippen LogP contribution in [0.15, 0.2) is 0 Å². The summed E-state index contributed by atoms with van der Waals surface area (Å²) in [6.07, 6.45) is 7.08. The summed E-state index contributed by atoms with van der Waals surface area (Å²) in [5, 5.41) is 9.92. The lowest BCUT2D eigenvalue weighted by Crippen LogP contribution is -2.54. The van der Waals surface area contributed by atoms with Gasteiger partial charge in [0.25, 0.3) is 0 Å². The van der Waals surface area contributed by atoms with Crippen LogP contribution in [0.2, 0.25) is 0 Å². The van der Waals surface area contributed by atoms with Gasteiger partial charge in [0.15, 0.2) is 0 Å². The number of aliphatic hydroxyl groups is 1. The first kappa shape index (κ1) is 15.9. The van der Waals surface area contributed by atoms with Crippen molar-refractivity contribution >= 4 is 0 Å². The Morgan fingerprint density at radius 3 is 2.50 bits per heavy atom. The van der Waals surface area contributed by atoms with Crippen LogP contribution in [0.25, 0.3) is 0 Å². The summed E-state index contributed by atoms with van der Waals surface area (Å²) in [5.41, 5.74) is -0.390. The molecule has 2 atom stereocenters. The Kier molecular flexibility index (Phi) is 7.20. The molecule has 1 aliphatic heterocycles. The van der Waals surface area contributed by atoms with Gasteiger partial charge in [-0.15, -0.1) is 0 Å². The molecule has 1 rings (SSSR count). The average Bonchev–Trinajstić information content (AvgIpc) is 2.81. The van der Waals surface area contributed by atoms with Crippen LogP contribution in [-0.4, -0.2) is 42.0 Å². The summed E-state index contributed by atoms with van der Waals surface area (Å²) in [4.78, 5) is 2.39. The topological polar surface area (TPSA) is 32.7 Å². The second-order valence-electron chi connectivity index (χ2n) is 5.44. The molecule has 0 saturated carbocycles. The van der Waals surface area contributed by atoms with Crippen molar-refractivity contribution in [1.82, 2.24) is 4.90 Å². The van der Waals surface area contributed by atoms with Gasteiger partial charge in [0.05, 0.1) is 13.2 Å². The maximum absolute atomic E-state index is 9.92. The Bertz CT molecular complexity index is 223. The van der Waals surface area contributed by atoms with E-state index >= 15 is 0 Å². The molecule has 0 spiro atoms. The largest absolute Gasteiger partial charge is 0.392 e. The van der Waals surface area contributed by atoms with Gasteiger partial charge < -0.3 is 9.84 Å². The Balaban J connectivity index is 2.72. The second kappa shape index (κ2) is 8.13. The van der Waals surface area contributed by atoms with Gasteiger partial charge in [-0.3, -0.25) is 4.90 Å². The number of ether oxygens (including phenoxy) is 1. The normalized spacial score (nSPS) is 26.7. The molecule has 2 unspecified atom stereocenters. The summed E-state index contributed by atoms with van der Waals surface area (Å²) in [6, 6.07) is 0. The van der Waals surface area contributed by atoms with E-state index in [0.717, 1.165) is 32.5 Å². The number of hydrogen-bond donors (Lipinski definition) is 1. The van der Waals surface area contributed by atoms with Gasteiger partial charge in [0, 0.05) is 19.0 Å². The van der Waals surface area contributed by atoms with Crippen molar-refractivity contribution in [3.05, 3.63) is 0 Å². The summed E-state index contributed by atoms with van der Waals surface area (Å²) < 4.78 is 6.03. The third-order valence-electron chi connectivity index (χ3n) is 4.29. The van der Waals surface area contributed by atoms with E-state index < -0.39 is 0 Å². The molecule has 1 heterocycles. The van der Waals surface area contributed by atoms with E-state index in [0.29, 0.717) is 5.92 Å². The number of nitrogens with zero attached hydrogens (tertiary/aromatic N) is 1. The lowest BCUT2D eigenvalue weighted by atomic mass is 9.87. The molecule has 0 radical (unpaired) electrons. The molecule has 1 fully saturated rings. The fourth-order valence-corrected chi connectivity index (χ4v) is 3.11. The van der Waals surface area contributed by atoms with Gasteiger partial charge in [-0.2, -0.15) is 0 Å². The molecule has 0 bridgehead atoms. The molecule has 3 nitrogen and oxygen atoms in total. The summed E-state index contributed by atoms with van der Waals surface area (Å²) >= 11 is 0. The van der Waals surface area contributed by atoms with Crippen LogP contribution >= 0.6 is 0 Å². The highest BCUT2D eigenvalue weighted by atomic mass is 16.5. The first-order valence-corrected chi connectivity index (χ1v) is 7.75. The Morgan fingerprint density at radius 2 is 1.94 bits per heavy atom. The maximum Gasteiger partial charge on any atom is 0.147 e. The average molecular weight is 257 g/mol. The summed E-state index contributed by atoms with van der Waals surface area (Å²) in [7, 11) is 0. The van der Waals surface area contributed by atoms with E-state index in [-0.39, 0.29) is 12.3 Å². The van der Waals surface area contributed by atoms with Crippen molar-refractivity contribution in [1.29, 1.82) is 0 Å². The highest BCUT2D eigenvalue weighted by molar-refractivity contribution is 4.91. The van der Waals surface area contributed by atoms with Crippen LogP contribution in [0, 0.1) is 5.92 Å². The van der Waals surface area contributed by atoms with Crippen molar-refractivity contribution < 1.29 is 9.84 Å². The molecule has 108 valence electrons. The van der Waals surface area contributed by atoms with Gasteiger partial charge in [0.1, 0.15) is 5.72 Å². The Labute approximate surface area is 113 Å². The second-order valence-corrected chi connectivity index (χ2v) is 5.44. The molecule has 1 aliphatic rings. The predicted octanol–water partition coefficient (Wildman–Crippen LogP) is 3.02. The smallest absolute Gasteiger partial charge is 0.147 e. The van der Waals surface area contributed by atoms with Crippen molar-refractivity contribution in [2.24, 2.45) is 5.92 Å². The zero-order valence-corrected chi connectivity index (χ0v) is 12.5. The van der Waals surface area contributed by atoms with Gasteiger partial charge >= 0.3 is 0 Å². The molecular weight excluding hydrogens is 226 g/mol. The first-order chi connectivity index (χ1) is 8.75. The van der Waals surface area contributed by atoms with Gasteiger partial charge in [-0.25, -0.2) is 0 Å². The molecule has 0 amide bonds. The number of aliphatic hydroxyl groups excluding tert-OH is 1. The zero-order valence-electron chi connectivity index (χ0n) is 12.5. The third-order valence-corrected chi connectivity index (χ3v) is 4.29. The minimum atomic E-state index is -0.390. The molecule has 0 aromatic carbocycles. The zero-order chi connectivity index (χ0) is 13.4. The standard InChI is InChI=1S/C15H31NO2/c1-4-7-9-14(6-3)15(13-17)16(10-8-5-2)11-12-18-15/h14,17H,4-13H2,1-3H3. The Morgan fingerprint density at radius 1 is 1.22 bits per heavy atom. The molecule has 1 saturated heterocycles. The van der Waals surface area contributed by atoms with E-state index in [1.54, 1.807) is 0 Å². The van der Waals surface area contributed by atoms with Gasteiger partial charge in [-0.05, 0) is 19.3 Å². The van der Waals surface area contributed by atoms with Crippen LogP contribution in [0.4, 0.5) is 0 Å². The first-order valence-electron chi connectivity index (χ1n) is 7.75. The summed E-state index contributed by atoms with van der Waals surface area (Å²) in [6.45, 7) is 9.60. The lowest BCUT2D eigenvalue weighted by Gasteiger charge is -2.42. The highest BCUT2D eigenvalue weighted by Gasteiger charge is 2.46. The van der Waals surface area contributed by atoms with Crippen LogP contribution in [-0.2, 0) is 4.74 Å². The van der Waals surface area contributed by atoms with Crippen LogP contribution in [0.1, 0.15) is 59.3 Å². The molecule has 0 aromatic heterocycles. The van der Waals surface area contributed by atoms with Gasteiger partial charge in [0.2, 0.25) is 0 Å². The van der Waals surface area contributed by atoms with Crippen molar-refractivity contribution in [3.63, 3.8) is 0 Å². The monoisotopic (exact) mass is 257 g/mol. The van der Waals surface area contributed by atoms with Crippen LogP contribution in [0.3, 0.4) is 0 Å². The van der Waals surface area contributed by atoms with Gasteiger partial charge in [-0.1, -0.05) is 40.0 Å². The number of unbranched alkanes of at least 4 members (excludes halogenated alkanes) is 2. The fourth-order valence-electron chi connectivity index (χ4n) is 3.11. The summed E-state index contributed by atoms with van der Waals surface area (Å²) in [5.74, 6) is 0.460. The molecule has 1 N–H and O–H groups in total. The van der Waals surface area contributed by atoms with E-state index in [9.17, 15) is 5.11 Å². The van der Waals surface area contributed by atoms with Crippen LogP contribution < -0.4 is 0 Å². The van der Waals surface area contributed by atoms with Crippen molar-refractivity contribution in [2.45, 2.75) is 65.0 Å². The van der Waals surface area contributed by atoms with Crippen LogP contribution in [0.5, 0.6) is 0 Å². The van der Waals surface area contributed by atoms with E-state index in [4.69, 9.17) is 4.74 Å². The minimum Gasteiger partial charge on any atom is -0.392 e. The minimum absolute atomic E-state index is 0.138. The maximum atomic E-state index is 9.92. The van der Waals surface area contributed by atoms with E-state index in [1.807, 2.05) is 0 Å².